The highest BCUT2D eigenvalue weighted by atomic mass is 32.2. The van der Waals surface area contributed by atoms with Crippen LogP contribution in [0.15, 0.2) is 40.2 Å². The zero-order chi connectivity index (χ0) is 14.9. The Labute approximate surface area is 116 Å². The van der Waals surface area contributed by atoms with Gasteiger partial charge < -0.3 is 10.1 Å². The molecular weight excluding hydrogens is 280 g/mol. The molecule has 6 nitrogen and oxygen atoms in total. The summed E-state index contributed by atoms with van der Waals surface area (Å²) in [5.41, 5.74) is 1.17. The summed E-state index contributed by atoms with van der Waals surface area (Å²) in [7, 11) is -3.78. The Kier molecular flexibility index (Phi) is 3.54. The van der Waals surface area contributed by atoms with E-state index in [1.54, 1.807) is 19.9 Å². The van der Waals surface area contributed by atoms with Crippen LogP contribution in [0.2, 0.25) is 0 Å². The Morgan fingerprint density at radius 1 is 1.15 bits per heavy atom. The third-order valence-electron chi connectivity index (χ3n) is 2.85. The number of phenolic OH excluding ortho intramolecular Hbond substituents is 1. The summed E-state index contributed by atoms with van der Waals surface area (Å²) in [6.07, 6.45) is 1.13. The van der Waals surface area contributed by atoms with Crippen LogP contribution in [0.3, 0.4) is 0 Å². The molecule has 0 aliphatic heterocycles. The van der Waals surface area contributed by atoms with Gasteiger partial charge in [-0.15, -0.1) is 0 Å². The van der Waals surface area contributed by atoms with E-state index in [-0.39, 0.29) is 16.2 Å². The summed E-state index contributed by atoms with van der Waals surface area (Å²) < 4.78 is 26.8. The number of hydrogen-bond acceptors (Lipinski definition) is 4. The van der Waals surface area contributed by atoms with Crippen molar-refractivity contribution in [3.8, 4) is 5.75 Å². The van der Waals surface area contributed by atoms with E-state index in [0.29, 0.717) is 16.8 Å². The van der Waals surface area contributed by atoms with Gasteiger partial charge in [-0.1, -0.05) is 0 Å². The summed E-state index contributed by atoms with van der Waals surface area (Å²) in [4.78, 5) is 13.2. The molecule has 0 bridgehead atoms. The van der Waals surface area contributed by atoms with Gasteiger partial charge in [0, 0.05) is 12.3 Å². The monoisotopic (exact) mass is 294 g/mol. The minimum Gasteiger partial charge on any atom is -0.508 e. The van der Waals surface area contributed by atoms with E-state index in [1.807, 2.05) is 0 Å². The Morgan fingerprint density at radius 3 is 2.45 bits per heavy atom. The number of aryl methyl sites for hydroxylation is 2. The number of pyridine rings is 1. The predicted molar refractivity (Wildman–Crippen MR) is 75.5 cm³/mol. The summed E-state index contributed by atoms with van der Waals surface area (Å²) in [5.74, 6) is 0.106. The zero-order valence-corrected chi connectivity index (χ0v) is 11.8. The molecule has 0 amide bonds. The van der Waals surface area contributed by atoms with E-state index >= 15 is 0 Å². The van der Waals surface area contributed by atoms with Gasteiger partial charge >= 0.3 is 0 Å². The molecule has 3 N–H and O–H groups in total. The van der Waals surface area contributed by atoms with Crippen molar-refractivity contribution in [1.29, 1.82) is 0 Å². The van der Waals surface area contributed by atoms with E-state index in [4.69, 9.17) is 0 Å². The number of nitrogens with one attached hydrogen (secondary N) is 2. The molecular formula is C13H14N2O4S. The second-order valence-corrected chi connectivity index (χ2v) is 6.13. The fraction of sp³-hybridized carbons (Fsp3) is 0.154. The van der Waals surface area contributed by atoms with Crippen molar-refractivity contribution in [3.63, 3.8) is 0 Å². The second kappa shape index (κ2) is 5.01. The molecule has 2 aromatic rings. The van der Waals surface area contributed by atoms with Crippen molar-refractivity contribution in [2.45, 2.75) is 18.7 Å². The lowest BCUT2D eigenvalue weighted by molar-refractivity contribution is 0.471. The Balaban J connectivity index is 2.40. The van der Waals surface area contributed by atoms with Gasteiger partial charge in [-0.3, -0.25) is 9.52 Å². The summed E-state index contributed by atoms with van der Waals surface area (Å²) >= 11 is 0. The number of hydrogen-bond donors (Lipinski definition) is 3. The second-order valence-electron chi connectivity index (χ2n) is 4.45. The lowest BCUT2D eigenvalue weighted by Crippen LogP contribution is -2.16. The Hall–Kier alpha value is -2.28. The molecule has 0 spiro atoms. The molecule has 7 heteroatoms. The number of H-pyrrole nitrogens is 1. The summed E-state index contributed by atoms with van der Waals surface area (Å²) in [5, 5.41) is 9.55. The van der Waals surface area contributed by atoms with Crippen LogP contribution in [0, 0.1) is 13.8 Å². The molecule has 0 radical (unpaired) electrons. The predicted octanol–water partition coefficient (Wildman–Crippen LogP) is 1.50. The van der Waals surface area contributed by atoms with Gasteiger partial charge in [0.1, 0.15) is 10.6 Å². The van der Waals surface area contributed by atoms with Crippen LogP contribution in [-0.4, -0.2) is 18.5 Å². The van der Waals surface area contributed by atoms with E-state index in [9.17, 15) is 18.3 Å². The first-order chi connectivity index (χ1) is 9.29. The smallest absolute Gasteiger partial charge is 0.263 e. The maximum absolute atomic E-state index is 12.2. The lowest BCUT2D eigenvalue weighted by Gasteiger charge is -2.12. The molecule has 0 fully saturated rings. The minimum absolute atomic E-state index is 0.0396. The Bertz CT molecular complexity index is 789. The topological polar surface area (TPSA) is 99.3 Å². The summed E-state index contributed by atoms with van der Waals surface area (Å²) in [6, 6.07) is 5.40. The fourth-order valence-electron chi connectivity index (χ4n) is 1.68. The number of aromatic amines is 1. The normalized spacial score (nSPS) is 11.3. The first-order valence-electron chi connectivity index (χ1n) is 5.81. The average Bonchev–Trinajstić information content (AvgIpc) is 2.36. The van der Waals surface area contributed by atoms with Crippen LogP contribution in [0.25, 0.3) is 0 Å². The number of aromatic nitrogens is 1. The molecule has 0 saturated heterocycles. The number of rotatable bonds is 3. The van der Waals surface area contributed by atoms with Gasteiger partial charge in [-0.05, 0) is 43.2 Å². The van der Waals surface area contributed by atoms with Crippen molar-refractivity contribution in [2.75, 3.05) is 4.72 Å². The van der Waals surface area contributed by atoms with Crippen LogP contribution >= 0.6 is 0 Å². The molecule has 1 aromatic carbocycles. The number of aromatic hydroxyl groups is 1. The van der Waals surface area contributed by atoms with Gasteiger partial charge in [0.15, 0.2) is 0 Å². The molecule has 0 aliphatic rings. The third kappa shape index (κ3) is 2.83. The molecule has 0 saturated carbocycles. The van der Waals surface area contributed by atoms with Crippen molar-refractivity contribution in [1.82, 2.24) is 4.98 Å². The molecule has 1 heterocycles. The maximum Gasteiger partial charge on any atom is 0.263 e. The highest BCUT2D eigenvalue weighted by Crippen LogP contribution is 2.26. The fourth-order valence-corrected chi connectivity index (χ4v) is 2.77. The van der Waals surface area contributed by atoms with Crippen molar-refractivity contribution >= 4 is 15.7 Å². The maximum atomic E-state index is 12.2. The van der Waals surface area contributed by atoms with E-state index in [0.717, 1.165) is 12.3 Å². The van der Waals surface area contributed by atoms with Gasteiger partial charge in [0.05, 0.1) is 5.69 Å². The molecule has 2 rings (SSSR count). The minimum atomic E-state index is -3.78. The molecule has 0 atom stereocenters. The number of benzene rings is 1. The number of anilines is 1. The Morgan fingerprint density at radius 2 is 1.85 bits per heavy atom. The van der Waals surface area contributed by atoms with E-state index < -0.39 is 10.0 Å². The first-order valence-corrected chi connectivity index (χ1v) is 7.30. The third-order valence-corrected chi connectivity index (χ3v) is 4.22. The van der Waals surface area contributed by atoms with Crippen LogP contribution in [0.5, 0.6) is 5.75 Å². The van der Waals surface area contributed by atoms with Crippen LogP contribution in [0.1, 0.15) is 11.1 Å². The zero-order valence-electron chi connectivity index (χ0n) is 11.0. The quantitative estimate of drug-likeness (QED) is 0.747. The van der Waals surface area contributed by atoms with Crippen LogP contribution in [-0.2, 0) is 10.0 Å². The van der Waals surface area contributed by atoms with Crippen LogP contribution < -0.4 is 10.3 Å². The first kappa shape index (κ1) is 14.1. The van der Waals surface area contributed by atoms with Crippen molar-refractivity contribution < 1.29 is 13.5 Å². The van der Waals surface area contributed by atoms with Crippen molar-refractivity contribution in [3.05, 3.63) is 51.9 Å². The molecule has 1 aromatic heterocycles. The van der Waals surface area contributed by atoms with Crippen molar-refractivity contribution in [2.24, 2.45) is 0 Å². The van der Waals surface area contributed by atoms with Crippen LogP contribution in [0.4, 0.5) is 5.69 Å². The highest BCUT2D eigenvalue weighted by Gasteiger charge is 2.16. The SMILES string of the molecule is Cc1cc(NS(=O)(=O)c2ccc(=O)[nH]c2)c(C)cc1O. The van der Waals surface area contributed by atoms with Gasteiger partial charge in [0.2, 0.25) is 5.56 Å². The largest absolute Gasteiger partial charge is 0.508 e. The molecule has 106 valence electrons. The average molecular weight is 294 g/mol. The molecule has 0 aliphatic carbocycles. The van der Waals surface area contributed by atoms with E-state index in [1.165, 1.54) is 12.1 Å². The molecule has 20 heavy (non-hydrogen) atoms. The van der Waals surface area contributed by atoms with E-state index in [2.05, 4.69) is 9.71 Å². The van der Waals surface area contributed by atoms with Gasteiger partial charge in [-0.2, -0.15) is 0 Å². The summed E-state index contributed by atoms with van der Waals surface area (Å²) in [6.45, 7) is 3.36. The highest BCUT2D eigenvalue weighted by molar-refractivity contribution is 7.92. The lowest BCUT2D eigenvalue weighted by atomic mass is 10.1. The molecule has 0 unspecified atom stereocenters. The number of sulfonamides is 1. The van der Waals surface area contributed by atoms with Gasteiger partial charge in [-0.25, -0.2) is 8.42 Å². The van der Waals surface area contributed by atoms with Gasteiger partial charge in [0.25, 0.3) is 10.0 Å². The number of phenols is 1. The standard InChI is InChI=1S/C13H14N2O4S/c1-8-6-12(16)9(2)5-11(8)15-20(18,19)10-3-4-13(17)14-7-10/h3-7,15-16H,1-2H3,(H,14,17).